The first kappa shape index (κ1) is 18.3. The minimum Gasteiger partial charge on any atom is -0.370 e. The van der Waals surface area contributed by atoms with Gasteiger partial charge in [0.1, 0.15) is 0 Å². The van der Waals surface area contributed by atoms with Crippen LogP contribution >= 0.6 is 35.7 Å². The van der Waals surface area contributed by atoms with Crippen molar-refractivity contribution >= 4 is 47.4 Å². The molecule has 1 aromatic rings. The summed E-state index contributed by atoms with van der Waals surface area (Å²) in [5.74, 6) is 2.40. The number of aryl methyl sites for hydroxylation is 1. The molecule has 3 N–H and O–H groups in total. The van der Waals surface area contributed by atoms with E-state index in [1.165, 1.54) is 5.56 Å². The van der Waals surface area contributed by atoms with Crippen molar-refractivity contribution in [3.63, 3.8) is 0 Å². The number of nitrogens with zero attached hydrogens (tertiary/aromatic N) is 1. The van der Waals surface area contributed by atoms with Crippen LogP contribution in [0.3, 0.4) is 0 Å². The van der Waals surface area contributed by atoms with Crippen molar-refractivity contribution in [2.24, 2.45) is 10.7 Å². The Hall–Kier alpha value is -0.690. The van der Waals surface area contributed by atoms with Crippen LogP contribution in [-0.2, 0) is 6.42 Å². The molecule has 1 rings (SSSR count). The molecular weight excluding hydrogens is 369 g/mol. The number of hydrogen-bond donors (Lipinski definition) is 2. The number of nitrogens with two attached hydrogens (primary N) is 1. The van der Waals surface area contributed by atoms with Crippen LogP contribution in [0.4, 0.5) is 5.69 Å². The number of hydrogen-bond acceptors (Lipinski definition) is 2. The normalized spacial score (nSPS) is 10.7. The molecule has 0 radical (unpaired) electrons. The molecular formula is C14H22IN3S. The number of benzene rings is 1. The lowest BCUT2D eigenvalue weighted by Gasteiger charge is -2.07. The predicted octanol–water partition coefficient (Wildman–Crippen LogP) is 3.51. The lowest BCUT2D eigenvalue weighted by molar-refractivity contribution is 1.13. The van der Waals surface area contributed by atoms with Crippen LogP contribution in [0, 0.1) is 0 Å². The average molecular weight is 391 g/mol. The molecule has 0 aliphatic heterocycles. The van der Waals surface area contributed by atoms with E-state index in [0.29, 0.717) is 5.96 Å². The summed E-state index contributed by atoms with van der Waals surface area (Å²) < 4.78 is 0. The number of aliphatic imine (C=N–C) groups is 1. The van der Waals surface area contributed by atoms with E-state index >= 15 is 0 Å². The molecule has 0 unspecified atom stereocenters. The Bertz CT molecular complexity index is 407. The van der Waals surface area contributed by atoms with Crippen molar-refractivity contribution in [2.75, 3.05) is 23.4 Å². The first-order valence-corrected chi connectivity index (χ1v) is 7.26. The first-order chi connectivity index (χ1) is 8.76. The van der Waals surface area contributed by atoms with Gasteiger partial charge in [-0.05, 0) is 24.1 Å². The second kappa shape index (κ2) is 11.2. The lowest BCUT2D eigenvalue weighted by atomic mass is 10.1. The molecule has 19 heavy (non-hydrogen) atoms. The highest BCUT2D eigenvalue weighted by Gasteiger charge is 1.96. The summed E-state index contributed by atoms with van der Waals surface area (Å²) in [6.07, 6.45) is 2.91. The van der Waals surface area contributed by atoms with E-state index in [9.17, 15) is 0 Å². The van der Waals surface area contributed by atoms with Gasteiger partial charge in [-0.25, -0.2) is 0 Å². The van der Waals surface area contributed by atoms with Gasteiger partial charge in [-0.15, -0.1) is 30.6 Å². The fourth-order valence-electron chi connectivity index (χ4n) is 1.45. The Labute approximate surface area is 137 Å². The number of thioether (sulfide) groups is 1. The minimum atomic E-state index is 0. The highest BCUT2D eigenvalue weighted by Crippen LogP contribution is 2.10. The smallest absolute Gasteiger partial charge is 0.193 e. The van der Waals surface area contributed by atoms with Crippen LogP contribution in [0.25, 0.3) is 0 Å². The highest BCUT2D eigenvalue weighted by molar-refractivity contribution is 14.0. The van der Waals surface area contributed by atoms with Crippen LogP contribution in [0.5, 0.6) is 0 Å². The van der Waals surface area contributed by atoms with Gasteiger partial charge in [0.15, 0.2) is 5.96 Å². The summed E-state index contributed by atoms with van der Waals surface area (Å²) in [5.41, 5.74) is 8.10. The molecule has 106 valence electrons. The van der Waals surface area contributed by atoms with Crippen molar-refractivity contribution in [2.45, 2.75) is 13.3 Å². The van der Waals surface area contributed by atoms with Crippen LogP contribution < -0.4 is 11.1 Å². The molecule has 0 bridgehead atoms. The molecule has 0 atom stereocenters. The third kappa shape index (κ3) is 8.15. The number of nitrogens with one attached hydrogen (secondary N) is 1. The van der Waals surface area contributed by atoms with E-state index in [1.807, 2.05) is 18.2 Å². The quantitative estimate of drug-likeness (QED) is 0.246. The van der Waals surface area contributed by atoms with Crippen LogP contribution in [0.1, 0.15) is 12.5 Å². The second-order valence-electron chi connectivity index (χ2n) is 3.81. The van der Waals surface area contributed by atoms with Gasteiger partial charge in [0.05, 0.1) is 6.54 Å². The molecule has 0 aliphatic rings. The molecule has 3 nitrogen and oxygen atoms in total. The standard InChI is InChI=1S/C14H21N3S.HI/c1-3-9-18-10-8-16-14(15)17-13-7-5-6-12(4-2)11-13;/h3,5-7,11H,1,4,8-10H2,2H3,(H3,15,16,17);1H. The second-order valence-corrected chi connectivity index (χ2v) is 4.96. The maximum Gasteiger partial charge on any atom is 0.193 e. The summed E-state index contributed by atoms with van der Waals surface area (Å²) >= 11 is 1.80. The van der Waals surface area contributed by atoms with Gasteiger partial charge in [-0.1, -0.05) is 25.1 Å². The molecule has 0 aliphatic carbocycles. The van der Waals surface area contributed by atoms with E-state index < -0.39 is 0 Å². The maximum atomic E-state index is 5.82. The largest absolute Gasteiger partial charge is 0.370 e. The van der Waals surface area contributed by atoms with Crippen LogP contribution in [0.15, 0.2) is 41.9 Å². The first-order valence-electron chi connectivity index (χ1n) is 6.10. The van der Waals surface area contributed by atoms with E-state index in [2.05, 4.69) is 35.9 Å². The third-order valence-electron chi connectivity index (χ3n) is 2.36. The summed E-state index contributed by atoms with van der Waals surface area (Å²) in [6, 6.07) is 8.21. The molecule has 0 spiro atoms. The number of guanidine groups is 1. The molecule has 0 amide bonds. The molecule has 0 saturated heterocycles. The fraction of sp³-hybridized carbons (Fsp3) is 0.357. The zero-order valence-electron chi connectivity index (χ0n) is 11.3. The number of anilines is 1. The van der Waals surface area contributed by atoms with Crippen molar-refractivity contribution in [3.05, 3.63) is 42.5 Å². The number of halogens is 1. The summed E-state index contributed by atoms with van der Waals surface area (Å²) in [5, 5.41) is 3.11. The van der Waals surface area contributed by atoms with Gasteiger partial charge in [0.2, 0.25) is 0 Å². The Morgan fingerprint density at radius 2 is 2.32 bits per heavy atom. The van der Waals surface area contributed by atoms with Crippen molar-refractivity contribution in [1.29, 1.82) is 0 Å². The zero-order chi connectivity index (χ0) is 13.2. The molecule has 0 fully saturated rings. The SMILES string of the molecule is C=CCSCCN=C(N)Nc1cccc(CC)c1.I. The fourth-order valence-corrected chi connectivity index (χ4v) is 2.01. The Balaban J connectivity index is 0.00000324. The highest BCUT2D eigenvalue weighted by atomic mass is 127. The summed E-state index contributed by atoms with van der Waals surface area (Å²) in [7, 11) is 0. The van der Waals surface area contributed by atoms with E-state index in [-0.39, 0.29) is 24.0 Å². The Morgan fingerprint density at radius 1 is 1.53 bits per heavy atom. The molecule has 0 aromatic heterocycles. The summed E-state index contributed by atoms with van der Waals surface area (Å²) in [4.78, 5) is 4.27. The maximum absolute atomic E-state index is 5.82. The summed E-state index contributed by atoms with van der Waals surface area (Å²) in [6.45, 7) is 6.53. The molecule has 0 saturated carbocycles. The third-order valence-corrected chi connectivity index (χ3v) is 3.30. The topological polar surface area (TPSA) is 50.4 Å². The van der Waals surface area contributed by atoms with Crippen molar-refractivity contribution < 1.29 is 0 Å². The predicted molar refractivity (Wildman–Crippen MR) is 98.9 cm³/mol. The van der Waals surface area contributed by atoms with Crippen molar-refractivity contribution in [1.82, 2.24) is 0 Å². The number of rotatable bonds is 7. The van der Waals surface area contributed by atoms with E-state index in [0.717, 1.165) is 30.2 Å². The molecule has 5 heteroatoms. The van der Waals surface area contributed by atoms with Crippen LogP contribution in [0.2, 0.25) is 0 Å². The van der Waals surface area contributed by atoms with E-state index in [1.54, 1.807) is 11.8 Å². The van der Waals surface area contributed by atoms with E-state index in [4.69, 9.17) is 5.73 Å². The average Bonchev–Trinajstić information content (AvgIpc) is 2.38. The molecule has 0 heterocycles. The zero-order valence-corrected chi connectivity index (χ0v) is 14.4. The van der Waals surface area contributed by atoms with Gasteiger partial charge in [0.25, 0.3) is 0 Å². The monoisotopic (exact) mass is 391 g/mol. The lowest BCUT2D eigenvalue weighted by Crippen LogP contribution is -2.23. The van der Waals surface area contributed by atoms with Gasteiger partial charge in [-0.2, -0.15) is 11.8 Å². The van der Waals surface area contributed by atoms with Crippen LogP contribution in [-0.4, -0.2) is 24.0 Å². The van der Waals surface area contributed by atoms with Gasteiger partial charge in [0, 0.05) is 17.2 Å². The van der Waals surface area contributed by atoms with Crippen molar-refractivity contribution in [3.8, 4) is 0 Å². The van der Waals surface area contributed by atoms with Gasteiger partial charge in [-0.3, -0.25) is 4.99 Å². The molecule has 1 aromatic carbocycles. The minimum absolute atomic E-state index is 0. The van der Waals surface area contributed by atoms with Gasteiger partial charge >= 0.3 is 0 Å². The Kier molecular flexibility index (Phi) is 10.8. The Morgan fingerprint density at radius 3 is 3.00 bits per heavy atom. The van der Waals surface area contributed by atoms with Gasteiger partial charge < -0.3 is 11.1 Å².